The second-order valence-corrected chi connectivity index (χ2v) is 6.89. The molecule has 0 bridgehead atoms. The van der Waals surface area contributed by atoms with Crippen LogP contribution in [0.4, 0.5) is 0 Å². The summed E-state index contributed by atoms with van der Waals surface area (Å²) in [5, 5.41) is 10.1. The Kier molecular flexibility index (Phi) is 3.23. The van der Waals surface area contributed by atoms with E-state index in [1.807, 2.05) is 42.5 Å². The topological polar surface area (TPSA) is 33.0 Å². The zero-order chi connectivity index (χ0) is 17.6. The van der Waals surface area contributed by atoms with Crippen molar-refractivity contribution in [2.45, 2.75) is 17.9 Å². The predicted octanol–water partition coefficient (Wildman–Crippen LogP) is 5.19. The molecule has 5 rings (SSSR count). The minimum atomic E-state index is -0.861. The van der Waals surface area contributed by atoms with Gasteiger partial charge in [0.05, 0.1) is 5.92 Å². The summed E-state index contributed by atoms with van der Waals surface area (Å²) in [7, 11) is 0. The average molecular weight is 335 g/mol. The molecule has 1 heterocycles. The highest BCUT2D eigenvalue weighted by atomic mass is 16.5. The Bertz CT molecular complexity index is 1050. The summed E-state index contributed by atoms with van der Waals surface area (Å²) in [4.78, 5) is 0. The van der Waals surface area contributed by atoms with Gasteiger partial charge in [0.15, 0.2) is 0 Å². The second kappa shape index (κ2) is 5.61. The van der Waals surface area contributed by atoms with Crippen molar-refractivity contribution in [2.24, 2.45) is 0 Å². The van der Waals surface area contributed by atoms with Crippen molar-refractivity contribution in [3.8, 4) is 6.07 Å². The molecule has 2 atom stereocenters. The molecule has 0 N–H and O–H groups in total. The standard InChI is InChI=1S/C24H17NO/c25-16-24-15-19-13-7-8-14-20(19)22(24)21(17-9-3-1-4-10-17)23(26-24)18-11-5-2-6-12-18/h1-14,22H,15H2/t22-,24+/m1/s1. The number of rotatable bonds is 2. The highest BCUT2D eigenvalue weighted by Gasteiger charge is 2.56. The van der Waals surface area contributed by atoms with Crippen molar-refractivity contribution in [1.82, 2.24) is 0 Å². The third kappa shape index (κ3) is 2.04. The van der Waals surface area contributed by atoms with Gasteiger partial charge in [0.2, 0.25) is 5.60 Å². The van der Waals surface area contributed by atoms with Crippen LogP contribution in [0.1, 0.15) is 28.2 Å². The first-order valence-electron chi connectivity index (χ1n) is 8.85. The molecule has 0 aromatic heterocycles. The van der Waals surface area contributed by atoms with Crippen molar-refractivity contribution < 1.29 is 4.74 Å². The van der Waals surface area contributed by atoms with Crippen LogP contribution >= 0.6 is 0 Å². The van der Waals surface area contributed by atoms with Crippen LogP contribution in [-0.4, -0.2) is 5.60 Å². The number of ether oxygens (including phenoxy) is 1. The highest BCUT2D eigenvalue weighted by molar-refractivity contribution is 5.95. The van der Waals surface area contributed by atoms with E-state index in [0.717, 1.165) is 22.5 Å². The number of benzene rings is 3. The van der Waals surface area contributed by atoms with Crippen LogP contribution in [0, 0.1) is 11.3 Å². The Hall–Kier alpha value is -3.31. The van der Waals surface area contributed by atoms with Crippen LogP contribution in [0.3, 0.4) is 0 Å². The Labute approximate surface area is 153 Å². The molecule has 0 unspecified atom stereocenters. The summed E-state index contributed by atoms with van der Waals surface area (Å²) < 4.78 is 6.48. The van der Waals surface area contributed by atoms with Gasteiger partial charge in [-0.25, -0.2) is 0 Å². The fourth-order valence-corrected chi connectivity index (χ4v) is 4.31. The fourth-order valence-electron chi connectivity index (χ4n) is 4.31. The monoisotopic (exact) mass is 335 g/mol. The SMILES string of the molecule is N#C[C@@]12Cc3ccccc3[C@@H]1C(c1ccccc1)=C(c1ccccc1)O2. The summed E-state index contributed by atoms with van der Waals surface area (Å²) in [5.74, 6) is 0.763. The Morgan fingerprint density at radius 2 is 1.42 bits per heavy atom. The van der Waals surface area contributed by atoms with E-state index in [-0.39, 0.29) is 5.92 Å². The molecule has 0 saturated carbocycles. The van der Waals surface area contributed by atoms with Gasteiger partial charge in [0, 0.05) is 17.6 Å². The molecular formula is C24H17NO. The van der Waals surface area contributed by atoms with Gasteiger partial charge in [-0.05, 0) is 16.7 Å². The van der Waals surface area contributed by atoms with Crippen molar-refractivity contribution >= 4 is 11.3 Å². The first kappa shape index (κ1) is 15.0. The van der Waals surface area contributed by atoms with E-state index >= 15 is 0 Å². The maximum absolute atomic E-state index is 10.1. The van der Waals surface area contributed by atoms with E-state index in [9.17, 15) is 5.26 Å². The van der Waals surface area contributed by atoms with Crippen molar-refractivity contribution in [3.05, 3.63) is 107 Å². The van der Waals surface area contributed by atoms with E-state index in [1.165, 1.54) is 11.1 Å². The van der Waals surface area contributed by atoms with Gasteiger partial charge in [-0.3, -0.25) is 0 Å². The predicted molar refractivity (Wildman–Crippen MR) is 102 cm³/mol. The smallest absolute Gasteiger partial charge is 0.209 e. The van der Waals surface area contributed by atoms with Gasteiger partial charge in [-0.15, -0.1) is 0 Å². The lowest BCUT2D eigenvalue weighted by atomic mass is 9.81. The van der Waals surface area contributed by atoms with Crippen LogP contribution < -0.4 is 0 Å². The summed E-state index contributed by atoms with van der Waals surface area (Å²) in [6.07, 6.45) is 0.622. The number of nitriles is 1. The first-order valence-corrected chi connectivity index (χ1v) is 8.85. The molecule has 2 nitrogen and oxygen atoms in total. The van der Waals surface area contributed by atoms with Crippen LogP contribution in [0.2, 0.25) is 0 Å². The van der Waals surface area contributed by atoms with E-state index in [1.54, 1.807) is 0 Å². The molecule has 3 aromatic rings. The lowest BCUT2D eigenvalue weighted by molar-refractivity contribution is 0.114. The Morgan fingerprint density at radius 1 is 0.808 bits per heavy atom. The lowest BCUT2D eigenvalue weighted by Gasteiger charge is -2.22. The van der Waals surface area contributed by atoms with Crippen LogP contribution in [0.15, 0.2) is 84.9 Å². The number of nitrogens with zero attached hydrogens (tertiary/aromatic N) is 1. The van der Waals surface area contributed by atoms with Crippen molar-refractivity contribution in [2.75, 3.05) is 0 Å². The third-order valence-electron chi connectivity index (χ3n) is 5.41. The molecule has 3 aromatic carbocycles. The van der Waals surface area contributed by atoms with Crippen molar-refractivity contribution in [3.63, 3.8) is 0 Å². The first-order chi connectivity index (χ1) is 12.8. The zero-order valence-electron chi connectivity index (χ0n) is 14.2. The summed E-state index contributed by atoms with van der Waals surface area (Å²) in [6, 6.07) is 31.3. The number of fused-ring (bicyclic) bond motifs is 3. The van der Waals surface area contributed by atoms with E-state index in [4.69, 9.17) is 4.74 Å². The molecule has 0 fully saturated rings. The van der Waals surface area contributed by atoms with E-state index in [0.29, 0.717) is 6.42 Å². The minimum Gasteiger partial charge on any atom is -0.470 e. The number of hydrogen-bond donors (Lipinski definition) is 0. The molecule has 124 valence electrons. The summed E-state index contributed by atoms with van der Waals surface area (Å²) in [5.41, 5.74) is 4.81. The Morgan fingerprint density at radius 3 is 2.12 bits per heavy atom. The van der Waals surface area contributed by atoms with Crippen LogP contribution in [-0.2, 0) is 11.2 Å². The zero-order valence-corrected chi connectivity index (χ0v) is 14.2. The molecule has 0 radical (unpaired) electrons. The largest absolute Gasteiger partial charge is 0.470 e. The van der Waals surface area contributed by atoms with Crippen molar-refractivity contribution in [1.29, 1.82) is 5.26 Å². The average Bonchev–Trinajstić information content (AvgIpc) is 3.21. The molecule has 2 heteroatoms. The normalized spacial score (nSPS) is 23.1. The molecule has 0 spiro atoms. The van der Waals surface area contributed by atoms with Crippen LogP contribution in [0.5, 0.6) is 0 Å². The molecule has 1 aliphatic heterocycles. The summed E-state index contributed by atoms with van der Waals surface area (Å²) in [6.45, 7) is 0. The third-order valence-corrected chi connectivity index (χ3v) is 5.41. The van der Waals surface area contributed by atoms with Gasteiger partial charge < -0.3 is 4.74 Å². The maximum Gasteiger partial charge on any atom is 0.209 e. The molecule has 1 aliphatic carbocycles. The maximum atomic E-state index is 10.1. The quantitative estimate of drug-likeness (QED) is 0.646. The fraction of sp³-hybridized carbons (Fsp3) is 0.125. The van der Waals surface area contributed by atoms with E-state index < -0.39 is 5.60 Å². The van der Waals surface area contributed by atoms with Gasteiger partial charge in [-0.1, -0.05) is 84.9 Å². The molecule has 0 amide bonds. The van der Waals surface area contributed by atoms with Gasteiger partial charge >= 0.3 is 0 Å². The second-order valence-electron chi connectivity index (χ2n) is 6.89. The molecular weight excluding hydrogens is 318 g/mol. The number of hydrogen-bond acceptors (Lipinski definition) is 2. The summed E-state index contributed by atoms with van der Waals surface area (Å²) >= 11 is 0. The lowest BCUT2D eigenvalue weighted by Crippen LogP contribution is -2.30. The highest BCUT2D eigenvalue weighted by Crippen LogP contribution is 2.58. The van der Waals surface area contributed by atoms with Gasteiger partial charge in [0.25, 0.3) is 0 Å². The molecule has 0 saturated heterocycles. The Balaban J connectivity index is 1.80. The van der Waals surface area contributed by atoms with Gasteiger partial charge in [0.1, 0.15) is 11.8 Å². The van der Waals surface area contributed by atoms with E-state index in [2.05, 4.69) is 48.5 Å². The minimum absolute atomic E-state index is 0.0682. The van der Waals surface area contributed by atoms with Gasteiger partial charge in [-0.2, -0.15) is 5.26 Å². The van der Waals surface area contributed by atoms with Crippen LogP contribution in [0.25, 0.3) is 11.3 Å². The molecule has 2 aliphatic rings. The molecule has 26 heavy (non-hydrogen) atoms.